The first-order chi connectivity index (χ1) is 15.5. The van der Waals surface area contributed by atoms with E-state index in [4.69, 9.17) is 0 Å². The smallest absolute Gasteiger partial charge is 0.244 e. The molecule has 2 aromatic rings. The number of piperazine rings is 1. The maximum absolute atomic E-state index is 13.6. The van der Waals surface area contributed by atoms with Gasteiger partial charge in [0.2, 0.25) is 15.9 Å². The number of hydrogen-bond donors (Lipinski definition) is 1. The third kappa shape index (κ3) is 5.46. The summed E-state index contributed by atoms with van der Waals surface area (Å²) in [5.74, 6) is -0.353. The minimum Gasteiger partial charge on any atom is -0.325 e. The first-order valence-electron chi connectivity index (χ1n) is 10.9. The second-order valence-corrected chi connectivity index (χ2v) is 12.5. The molecule has 0 aromatic heterocycles. The highest BCUT2D eigenvalue weighted by molar-refractivity contribution is 7.93. The summed E-state index contributed by atoms with van der Waals surface area (Å²) in [6, 6.07) is 12.4. The molecule has 0 bridgehead atoms. The van der Waals surface area contributed by atoms with Gasteiger partial charge in [0.05, 0.1) is 17.2 Å². The van der Waals surface area contributed by atoms with Crippen LogP contribution in [0.3, 0.4) is 0 Å². The lowest BCUT2D eigenvalue weighted by Crippen LogP contribution is -2.59. The van der Waals surface area contributed by atoms with Crippen LogP contribution in [0.2, 0.25) is 0 Å². The molecule has 0 saturated carbocycles. The molecule has 8 nitrogen and oxygen atoms in total. The molecule has 33 heavy (non-hydrogen) atoms. The van der Waals surface area contributed by atoms with Crippen LogP contribution < -0.4 is 5.32 Å². The fourth-order valence-corrected chi connectivity index (χ4v) is 7.86. The first kappa shape index (κ1) is 25.4. The molecule has 1 saturated heterocycles. The van der Waals surface area contributed by atoms with Crippen molar-refractivity contribution in [1.82, 2.24) is 9.21 Å². The highest BCUT2D eigenvalue weighted by atomic mass is 32.2. The third-order valence-electron chi connectivity index (χ3n) is 5.82. The van der Waals surface area contributed by atoms with E-state index in [-0.39, 0.29) is 28.0 Å². The Morgan fingerprint density at radius 3 is 2.06 bits per heavy atom. The standard InChI is InChI=1S/C23H31N3O5S2/c1-5-32(28,29)21-12-8-9-13-22(21)33(30,31)26-18(3)14-25(15-19(26)4)16-23(27)24-20-11-7-6-10-17(20)2/h6-13,18-19H,5,14-16H2,1-4H3,(H,24,27). The average molecular weight is 494 g/mol. The van der Waals surface area contributed by atoms with Crippen LogP contribution in [0, 0.1) is 6.92 Å². The van der Waals surface area contributed by atoms with Crippen LogP contribution in [-0.2, 0) is 24.7 Å². The third-order valence-corrected chi connectivity index (χ3v) is 9.92. The van der Waals surface area contributed by atoms with E-state index in [1.54, 1.807) is 13.8 Å². The monoisotopic (exact) mass is 493 g/mol. The van der Waals surface area contributed by atoms with Gasteiger partial charge in [0.15, 0.2) is 9.84 Å². The van der Waals surface area contributed by atoms with E-state index in [0.717, 1.165) is 11.3 Å². The Morgan fingerprint density at radius 1 is 0.939 bits per heavy atom. The molecule has 0 radical (unpaired) electrons. The molecule has 3 rings (SSSR count). The van der Waals surface area contributed by atoms with Crippen molar-refractivity contribution in [1.29, 1.82) is 0 Å². The van der Waals surface area contributed by atoms with Gasteiger partial charge in [0.1, 0.15) is 4.90 Å². The highest BCUT2D eigenvalue weighted by Gasteiger charge is 2.40. The van der Waals surface area contributed by atoms with Crippen LogP contribution in [0.15, 0.2) is 58.3 Å². The Bertz CT molecular complexity index is 1220. The van der Waals surface area contributed by atoms with Crippen molar-refractivity contribution in [2.75, 3.05) is 30.7 Å². The van der Waals surface area contributed by atoms with E-state index >= 15 is 0 Å². The van der Waals surface area contributed by atoms with Crippen LogP contribution in [0.1, 0.15) is 26.3 Å². The maximum atomic E-state index is 13.6. The van der Waals surface area contributed by atoms with E-state index in [2.05, 4.69) is 5.32 Å². The van der Waals surface area contributed by atoms with Gasteiger partial charge in [-0.25, -0.2) is 16.8 Å². The molecule has 0 aliphatic carbocycles. The van der Waals surface area contributed by atoms with Crippen LogP contribution in [0.25, 0.3) is 0 Å². The number of rotatable bonds is 7. The molecule has 2 unspecified atom stereocenters. The molecule has 1 N–H and O–H groups in total. The number of amides is 1. The Labute approximate surface area is 196 Å². The molecule has 180 valence electrons. The summed E-state index contributed by atoms with van der Waals surface area (Å²) in [7, 11) is -7.78. The summed E-state index contributed by atoms with van der Waals surface area (Å²) in [4.78, 5) is 14.1. The molecule has 1 aliphatic heterocycles. The number of benzene rings is 2. The summed E-state index contributed by atoms with van der Waals surface area (Å²) in [6.45, 7) is 7.80. The Hall–Kier alpha value is -2.27. The Morgan fingerprint density at radius 2 is 1.48 bits per heavy atom. The molecule has 1 aliphatic rings. The van der Waals surface area contributed by atoms with Crippen molar-refractivity contribution in [3.8, 4) is 0 Å². The molecule has 1 heterocycles. The summed E-state index contributed by atoms with van der Waals surface area (Å²) >= 11 is 0. The van der Waals surface area contributed by atoms with Gasteiger partial charge in [-0.05, 0) is 44.5 Å². The largest absolute Gasteiger partial charge is 0.325 e. The zero-order chi connectivity index (χ0) is 24.4. The summed E-state index contributed by atoms with van der Waals surface area (Å²) in [5.41, 5.74) is 1.71. The quantitative estimate of drug-likeness (QED) is 0.636. The fourth-order valence-electron chi connectivity index (χ4n) is 4.32. The van der Waals surface area contributed by atoms with Gasteiger partial charge < -0.3 is 5.32 Å². The topological polar surface area (TPSA) is 104 Å². The number of sulfone groups is 1. The van der Waals surface area contributed by atoms with Gasteiger partial charge in [-0.1, -0.05) is 37.3 Å². The van der Waals surface area contributed by atoms with E-state index < -0.39 is 31.9 Å². The van der Waals surface area contributed by atoms with Crippen LogP contribution in [0.4, 0.5) is 5.69 Å². The van der Waals surface area contributed by atoms with Crippen molar-refractivity contribution in [3.63, 3.8) is 0 Å². The SMILES string of the molecule is CCS(=O)(=O)c1ccccc1S(=O)(=O)N1C(C)CN(CC(=O)Nc2ccccc2C)CC1C. The number of aryl methyl sites for hydroxylation is 1. The second kappa shape index (κ2) is 9.92. The highest BCUT2D eigenvalue weighted by Crippen LogP contribution is 2.30. The normalized spacial score (nSPS) is 20.5. The number of carbonyl (C=O) groups is 1. The van der Waals surface area contributed by atoms with E-state index in [1.165, 1.54) is 35.5 Å². The lowest BCUT2D eigenvalue weighted by atomic mass is 10.1. The Balaban J connectivity index is 1.78. The number of hydrogen-bond acceptors (Lipinski definition) is 6. The zero-order valence-electron chi connectivity index (χ0n) is 19.4. The van der Waals surface area contributed by atoms with Crippen LogP contribution in [-0.4, -0.2) is 69.4 Å². The van der Waals surface area contributed by atoms with E-state index in [0.29, 0.717) is 13.1 Å². The van der Waals surface area contributed by atoms with Gasteiger partial charge in [-0.15, -0.1) is 0 Å². The van der Waals surface area contributed by atoms with Crippen molar-refractivity contribution in [2.45, 2.75) is 49.6 Å². The minimum atomic E-state index is -4.06. The molecular weight excluding hydrogens is 462 g/mol. The lowest BCUT2D eigenvalue weighted by molar-refractivity contribution is -0.118. The number of nitrogens with one attached hydrogen (secondary N) is 1. The Kier molecular flexibility index (Phi) is 7.62. The molecule has 1 amide bonds. The van der Waals surface area contributed by atoms with Crippen LogP contribution in [0.5, 0.6) is 0 Å². The second-order valence-electron chi connectivity index (χ2n) is 8.44. The molecule has 10 heteroatoms. The van der Waals surface area contributed by atoms with Crippen molar-refractivity contribution in [3.05, 3.63) is 54.1 Å². The van der Waals surface area contributed by atoms with Gasteiger partial charge >= 0.3 is 0 Å². The van der Waals surface area contributed by atoms with Crippen molar-refractivity contribution < 1.29 is 21.6 Å². The number of anilines is 1. The minimum absolute atomic E-state index is 0.137. The van der Waals surface area contributed by atoms with Crippen LogP contribution >= 0.6 is 0 Å². The van der Waals surface area contributed by atoms with Gasteiger partial charge in [0, 0.05) is 30.9 Å². The summed E-state index contributed by atoms with van der Waals surface area (Å²) < 4.78 is 53.5. The maximum Gasteiger partial charge on any atom is 0.244 e. The van der Waals surface area contributed by atoms with E-state index in [9.17, 15) is 21.6 Å². The number of nitrogens with zero attached hydrogens (tertiary/aromatic N) is 2. The zero-order valence-corrected chi connectivity index (χ0v) is 21.0. The summed E-state index contributed by atoms with van der Waals surface area (Å²) in [5, 5.41) is 2.91. The van der Waals surface area contributed by atoms with Gasteiger partial charge in [-0.2, -0.15) is 4.31 Å². The number of para-hydroxylation sites is 1. The number of carbonyl (C=O) groups excluding carboxylic acids is 1. The van der Waals surface area contributed by atoms with Crippen molar-refractivity contribution in [2.24, 2.45) is 0 Å². The first-order valence-corrected chi connectivity index (χ1v) is 14.0. The summed E-state index contributed by atoms with van der Waals surface area (Å²) in [6.07, 6.45) is 0. The van der Waals surface area contributed by atoms with Crippen molar-refractivity contribution >= 4 is 31.5 Å². The molecule has 2 aromatic carbocycles. The van der Waals surface area contributed by atoms with Gasteiger partial charge in [0.25, 0.3) is 0 Å². The molecule has 1 fully saturated rings. The number of sulfonamides is 1. The van der Waals surface area contributed by atoms with Gasteiger partial charge in [-0.3, -0.25) is 9.69 Å². The lowest BCUT2D eigenvalue weighted by Gasteiger charge is -2.43. The molecule has 2 atom stereocenters. The predicted molar refractivity (Wildman–Crippen MR) is 128 cm³/mol. The average Bonchev–Trinajstić information content (AvgIpc) is 2.74. The molecule has 0 spiro atoms. The molecular formula is C23H31N3O5S2. The predicted octanol–water partition coefficient (Wildman–Crippen LogP) is 2.51. The fraction of sp³-hybridized carbons (Fsp3) is 0.435. The van der Waals surface area contributed by atoms with E-state index in [1.807, 2.05) is 36.1 Å².